The zero-order valence-corrected chi connectivity index (χ0v) is 15.0. The molecule has 0 aliphatic heterocycles. The molecule has 2 rings (SSSR count). The highest BCUT2D eigenvalue weighted by Gasteiger charge is 2.14. The van der Waals surface area contributed by atoms with Crippen molar-refractivity contribution in [1.82, 2.24) is 10.2 Å². The summed E-state index contributed by atoms with van der Waals surface area (Å²) in [5.74, 6) is 0.0378. The van der Waals surface area contributed by atoms with Crippen LogP contribution in [0.15, 0.2) is 36.4 Å². The van der Waals surface area contributed by atoms with Gasteiger partial charge in [-0.2, -0.15) is 0 Å². The van der Waals surface area contributed by atoms with E-state index >= 15 is 0 Å². The van der Waals surface area contributed by atoms with Gasteiger partial charge in [0.1, 0.15) is 5.75 Å². The first-order valence-corrected chi connectivity index (χ1v) is 8.60. The van der Waals surface area contributed by atoms with Crippen LogP contribution >= 0.6 is 11.3 Å². The van der Waals surface area contributed by atoms with Crippen molar-refractivity contribution in [1.29, 1.82) is 0 Å². The standard InChI is InChI=1S/C18H22N2O3S/c1-4-13-9-10-14(24-13)11-19-18(22)15-7-5-6-8-16(15)23-12-17(21)20(2)3/h5-10H,4,11-12H2,1-3H3,(H,19,22). The fourth-order valence-electron chi connectivity index (χ4n) is 2.02. The zero-order valence-electron chi connectivity index (χ0n) is 14.2. The van der Waals surface area contributed by atoms with E-state index in [1.54, 1.807) is 49.7 Å². The molecule has 24 heavy (non-hydrogen) atoms. The molecule has 0 unspecified atom stereocenters. The summed E-state index contributed by atoms with van der Waals surface area (Å²) >= 11 is 1.70. The molecule has 0 radical (unpaired) electrons. The van der Waals surface area contributed by atoms with Gasteiger partial charge in [-0.1, -0.05) is 19.1 Å². The van der Waals surface area contributed by atoms with Crippen molar-refractivity contribution in [2.45, 2.75) is 19.9 Å². The zero-order chi connectivity index (χ0) is 17.5. The van der Waals surface area contributed by atoms with Gasteiger partial charge in [-0.15, -0.1) is 11.3 Å². The minimum absolute atomic E-state index is 0.0952. The first-order valence-electron chi connectivity index (χ1n) is 7.79. The Morgan fingerprint density at radius 3 is 2.50 bits per heavy atom. The number of nitrogens with zero attached hydrogens (tertiary/aromatic N) is 1. The molecule has 5 nitrogen and oxygen atoms in total. The van der Waals surface area contributed by atoms with Gasteiger partial charge in [-0.25, -0.2) is 0 Å². The third kappa shape index (κ3) is 4.83. The Bertz CT molecular complexity index is 710. The largest absolute Gasteiger partial charge is 0.483 e. The molecule has 1 aromatic heterocycles. The van der Waals surface area contributed by atoms with E-state index in [9.17, 15) is 9.59 Å². The van der Waals surface area contributed by atoms with Crippen LogP contribution in [0.3, 0.4) is 0 Å². The fourth-order valence-corrected chi connectivity index (χ4v) is 2.92. The fraction of sp³-hybridized carbons (Fsp3) is 0.333. The number of ether oxygens (including phenoxy) is 1. The summed E-state index contributed by atoms with van der Waals surface area (Å²) in [4.78, 5) is 27.9. The first kappa shape index (κ1) is 18.0. The molecule has 0 fully saturated rings. The maximum Gasteiger partial charge on any atom is 0.259 e. The van der Waals surface area contributed by atoms with Crippen molar-refractivity contribution < 1.29 is 14.3 Å². The van der Waals surface area contributed by atoms with E-state index in [1.165, 1.54) is 9.78 Å². The number of amides is 2. The van der Waals surface area contributed by atoms with Crippen LogP contribution in [0, 0.1) is 0 Å². The van der Waals surface area contributed by atoms with E-state index in [-0.39, 0.29) is 18.4 Å². The lowest BCUT2D eigenvalue weighted by atomic mass is 10.2. The SMILES string of the molecule is CCc1ccc(CNC(=O)c2ccccc2OCC(=O)N(C)C)s1. The van der Waals surface area contributed by atoms with Gasteiger partial charge in [0.15, 0.2) is 6.61 Å². The van der Waals surface area contributed by atoms with Crippen molar-refractivity contribution in [3.05, 3.63) is 51.7 Å². The number of thiophene rings is 1. The lowest BCUT2D eigenvalue weighted by molar-refractivity contribution is -0.130. The summed E-state index contributed by atoms with van der Waals surface area (Å²) < 4.78 is 5.51. The number of benzene rings is 1. The Morgan fingerprint density at radius 2 is 1.83 bits per heavy atom. The van der Waals surface area contributed by atoms with Gasteiger partial charge < -0.3 is 15.0 Å². The molecule has 0 aliphatic carbocycles. The lowest BCUT2D eigenvalue weighted by Crippen LogP contribution is -2.28. The molecule has 6 heteroatoms. The van der Waals surface area contributed by atoms with E-state index < -0.39 is 0 Å². The molecule has 0 bridgehead atoms. The van der Waals surface area contributed by atoms with Gasteiger partial charge in [-0.3, -0.25) is 9.59 Å². The minimum atomic E-state index is -0.214. The maximum atomic E-state index is 12.4. The number of para-hydroxylation sites is 1. The number of carbonyl (C=O) groups is 2. The molecular formula is C18H22N2O3S. The van der Waals surface area contributed by atoms with Crippen LogP contribution in [-0.2, 0) is 17.8 Å². The Morgan fingerprint density at radius 1 is 1.12 bits per heavy atom. The van der Waals surface area contributed by atoms with E-state index in [4.69, 9.17) is 4.74 Å². The molecule has 0 aliphatic rings. The number of nitrogens with one attached hydrogen (secondary N) is 1. The van der Waals surface area contributed by atoms with Crippen LogP contribution in [0.1, 0.15) is 27.0 Å². The van der Waals surface area contributed by atoms with Crippen LogP contribution in [0.5, 0.6) is 5.75 Å². The second-order valence-electron chi connectivity index (χ2n) is 5.48. The molecule has 0 atom stereocenters. The Hall–Kier alpha value is -2.34. The summed E-state index contributed by atoms with van der Waals surface area (Å²) in [6.45, 7) is 2.49. The van der Waals surface area contributed by atoms with Gasteiger partial charge in [-0.05, 0) is 30.7 Å². The first-order chi connectivity index (χ1) is 11.5. The summed E-state index contributed by atoms with van der Waals surface area (Å²) in [5, 5.41) is 2.90. The van der Waals surface area contributed by atoms with E-state index in [2.05, 4.69) is 18.3 Å². The predicted molar refractivity (Wildman–Crippen MR) is 95.5 cm³/mol. The molecular weight excluding hydrogens is 324 g/mol. The molecule has 1 heterocycles. The highest BCUT2D eigenvalue weighted by Crippen LogP contribution is 2.19. The van der Waals surface area contributed by atoms with Crippen LogP contribution in [0.25, 0.3) is 0 Å². The molecule has 2 aromatic rings. The van der Waals surface area contributed by atoms with Crippen LogP contribution in [0.2, 0.25) is 0 Å². The normalized spacial score (nSPS) is 10.3. The third-order valence-electron chi connectivity index (χ3n) is 3.47. The highest BCUT2D eigenvalue weighted by molar-refractivity contribution is 7.11. The lowest BCUT2D eigenvalue weighted by Gasteiger charge is -2.13. The van der Waals surface area contributed by atoms with E-state index in [0.29, 0.717) is 17.9 Å². The average molecular weight is 346 g/mol. The van der Waals surface area contributed by atoms with Gasteiger partial charge in [0.05, 0.1) is 12.1 Å². The molecule has 1 N–H and O–H groups in total. The second-order valence-corrected chi connectivity index (χ2v) is 6.73. The number of aryl methyl sites for hydroxylation is 1. The summed E-state index contributed by atoms with van der Waals surface area (Å²) in [6.07, 6.45) is 0.995. The predicted octanol–water partition coefficient (Wildman–Crippen LogP) is 2.71. The van der Waals surface area contributed by atoms with Gasteiger partial charge in [0.2, 0.25) is 0 Å². The van der Waals surface area contributed by atoms with Crippen LogP contribution in [0.4, 0.5) is 0 Å². The molecule has 0 saturated carbocycles. The van der Waals surface area contributed by atoms with Gasteiger partial charge in [0.25, 0.3) is 11.8 Å². The molecule has 2 amide bonds. The van der Waals surface area contributed by atoms with Crippen LogP contribution < -0.4 is 10.1 Å². The number of hydrogen-bond donors (Lipinski definition) is 1. The smallest absolute Gasteiger partial charge is 0.259 e. The van der Waals surface area contributed by atoms with Crippen molar-refractivity contribution in [3.8, 4) is 5.75 Å². The van der Waals surface area contributed by atoms with Gasteiger partial charge >= 0.3 is 0 Å². The van der Waals surface area contributed by atoms with Crippen molar-refractivity contribution in [3.63, 3.8) is 0 Å². The number of hydrogen-bond acceptors (Lipinski definition) is 4. The summed E-state index contributed by atoms with van der Waals surface area (Å²) in [5.41, 5.74) is 0.427. The highest BCUT2D eigenvalue weighted by atomic mass is 32.1. The second kappa shape index (κ2) is 8.49. The van der Waals surface area contributed by atoms with Crippen molar-refractivity contribution in [2.75, 3.05) is 20.7 Å². The summed E-state index contributed by atoms with van der Waals surface area (Å²) in [7, 11) is 3.33. The maximum absolute atomic E-state index is 12.4. The number of carbonyl (C=O) groups excluding carboxylic acids is 2. The van der Waals surface area contributed by atoms with Crippen LogP contribution in [-0.4, -0.2) is 37.4 Å². The quantitative estimate of drug-likeness (QED) is 0.839. The van der Waals surface area contributed by atoms with Gasteiger partial charge in [0, 0.05) is 23.8 Å². The number of likely N-dealkylation sites (N-methyl/N-ethyl adjacent to an activating group) is 1. The molecule has 0 saturated heterocycles. The molecule has 128 valence electrons. The van der Waals surface area contributed by atoms with E-state index in [0.717, 1.165) is 11.3 Å². The average Bonchev–Trinajstić information content (AvgIpc) is 3.05. The van der Waals surface area contributed by atoms with E-state index in [1.807, 2.05) is 6.07 Å². The number of rotatable bonds is 7. The Balaban J connectivity index is 1.99. The third-order valence-corrected chi connectivity index (χ3v) is 4.70. The Labute approximate surface area is 146 Å². The topological polar surface area (TPSA) is 58.6 Å². The molecule has 1 aromatic carbocycles. The molecule has 0 spiro atoms. The summed E-state index contributed by atoms with van der Waals surface area (Å²) in [6, 6.07) is 11.0. The minimum Gasteiger partial charge on any atom is -0.483 e. The van der Waals surface area contributed by atoms with Crippen molar-refractivity contribution >= 4 is 23.2 Å². The monoisotopic (exact) mass is 346 g/mol. The van der Waals surface area contributed by atoms with Crippen molar-refractivity contribution in [2.24, 2.45) is 0 Å². The Kier molecular flexibility index (Phi) is 6.37.